The van der Waals surface area contributed by atoms with Crippen molar-refractivity contribution in [3.8, 4) is 0 Å². The Kier molecular flexibility index (Phi) is 66.6. The number of unbranched alkanes of at least 4 members (excludes halogenated alkanes) is 14. The van der Waals surface area contributed by atoms with Crippen LogP contribution in [0.15, 0.2) is 219 Å². The van der Waals surface area contributed by atoms with E-state index in [-0.39, 0.29) is 25.2 Å². The highest BCUT2D eigenvalue weighted by molar-refractivity contribution is 5.70. The van der Waals surface area contributed by atoms with Crippen LogP contribution >= 0.6 is 0 Å². The first-order chi connectivity index (χ1) is 41.6. The van der Waals surface area contributed by atoms with Crippen LogP contribution in [0.25, 0.3) is 0 Å². The van der Waals surface area contributed by atoms with Gasteiger partial charge < -0.3 is 14.6 Å². The zero-order valence-electron chi connectivity index (χ0n) is 53.3. The molecule has 466 valence electrons. The van der Waals surface area contributed by atoms with E-state index in [4.69, 9.17) is 9.47 Å². The monoisotopic (exact) mass is 1150 g/mol. The number of carbonyl (C=O) groups excluding carboxylic acids is 2. The fourth-order valence-corrected chi connectivity index (χ4v) is 8.37. The van der Waals surface area contributed by atoms with Crippen LogP contribution < -0.4 is 0 Å². The molecule has 1 unspecified atom stereocenters. The van der Waals surface area contributed by atoms with Crippen LogP contribution in [0.1, 0.15) is 245 Å². The molecule has 1 N–H and O–H groups in total. The fraction of sp³-hybridized carbons (Fsp3) is 0.519. The number of hydrogen-bond acceptors (Lipinski definition) is 5. The Morgan fingerprint density at radius 3 is 0.750 bits per heavy atom. The highest BCUT2D eigenvalue weighted by atomic mass is 16.6. The quantitative estimate of drug-likeness (QED) is 0.0373. The van der Waals surface area contributed by atoms with Crippen LogP contribution in [0.3, 0.4) is 0 Å². The maximum absolute atomic E-state index is 12.4. The molecule has 0 spiro atoms. The first-order valence-electron chi connectivity index (χ1n) is 33.3. The number of ether oxygens (including phenoxy) is 2. The minimum absolute atomic E-state index is 0.110. The van der Waals surface area contributed by atoms with E-state index in [0.717, 1.165) is 141 Å². The molecule has 0 saturated heterocycles. The molecule has 0 aromatic carbocycles. The molecular weight excluding hydrogens is 1030 g/mol. The Hall–Kier alpha value is -5.78. The molecule has 5 heteroatoms. The third kappa shape index (κ3) is 68.7. The minimum Gasteiger partial charge on any atom is -0.462 e. The number of esters is 2. The van der Waals surface area contributed by atoms with Crippen molar-refractivity contribution >= 4 is 11.9 Å². The van der Waals surface area contributed by atoms with E-state index >= 15 is 0 Å². The average Bonchev–Trinajstić information content (AvgIpc) is 3.51. The van der Waals surface area contributed by atoms with Gasteiger partial charge in [-0.2, -0.15) is 0 Å². The summed E-state index contributed by atoms with van der Waals surface area (Å²) in [4.78, 5) is 24.6. The second-order valence-electron chi connectivity index (χ2n) is 21.1. The first-order valence-corrected chi connectivity index (χ1v) is 33.3. The minimum atomic E-state index is -0.815. The molecule has 0 heterocycles. The van der Waals surface area contributed by atoms with Gasteiger partial charge in [-0.15, -0.1) is 0 Å². The molecule has 0 aliphatic heterocycles. The Labute approximate surface area is 516 Å². The van der Waals surface area contributed by atoms with E-state index in [9.17, 15) is 14.7 Å². The molecule has 1 atom stereocenters. The van der Waals surface area contributed by atoms with E-state index in [1.54, 1.807) is 0 Å². The number of hydrogen-bond donors (Lipinski definition) is 1. The maximum Gasteiger partial charge on any atom is 0.306 e. The van der Waals surface area contributed by atoms with Gasteiger partial charge in [0.05, 0.1) is 6.61 Å². The second-order valence-corrected chi connectivity index (χ2v) is 21.1. The Bertz CT molecular complexity index is 2030. The van der Waals surface area contributed by atoms with E-state index in [1.165, 1.54) is 70.6 Å². The molecule has 0 radical (unpaired) electrons. The summed E-state index contributed by atoms with van der Waals surface area (Å²) in [5, 5.41) is 9.68. The van der Waals surface area contributed by atoms with Gasteiger partial charge in [0.1, 0.15) is 6.61 Å². The van der Waals surface area contributed by atoms with Crippen molar-refractivity contribution in [2.75, 3.05) is 13.2 Å². The van der Waals surface area contributed by atoms with Crippen molar-refractivity contribution in [1.82, 2.24) is 0 Å². The van der Waals surface area contributed by atoms with Crippen LogP contribution in [0, 0.1) is 0 Å². The smallest absolute Gasteiger partial charge is 0.306 e. The average molecular weight is 1150 g/mol. The van der Waals surface area contributed by atoms with Crippen LogP contribution in [0.2, 0.25) is 0 Å². The molecule has 0 aromatic heterocycles. The van der Waals surface area contributed by atoms with Crippen molar-refractivity contribution < 1.29 is 24.2 Å². The van der Waals surface area contributed by atoms with E-state index in [2.05, 4.69) is 233 Å². The normalized spacial score (nSPS) is 13.7. The Balaban J connectivity index is 3.65. The van der Waals surface area contributed by atoms with Crippen LogP contribution in [-0.2, 0) is 19.1 Å². The molecular formula is C79H120O5. The molecule has 0 aliphatic rings. The standard InChI is InChI=1S/C79H120O5/c1-3-5-7-9-11-13-15-17-19-21-23-25-27-29-31-33-34-35-36-37-38-39-40-41-42-43-44-46-48-50-52-54-56-58-60-62-64-66-68-70-72-74-79(82)84-77(75-80)76-83-78(81)73-71-69-67-65-63-61-59-57-55-53-51-49-47-45-32-30-28-26-24-22-20-18-16-14-12-10-8-6-4-2/h5-8,11-14,17-20,23-26,29-32,34-35,37-38,40-41,43-44,47,49,53,55,59,61,65,67,77,80H,3-4,9-10,15-16,21-22,27-28,33,36,39,42,45-46,48,50-52,54,56-58,60,62-64,66,68-76H2,1-2H3/b7-5-,8-6-,13-11-,14-12-,19-17-,20-18-,25-23-,26-24-,31-29-,32-30-,35-34-,38-37-,41-40-,44-43-,49-47-,55-53-,61-59-,67-65-. The summed E-state index contributed by atoms with van der Waals surface area (Å²) < 4.78 is 10.7. The lowest BCUT2D eigenvalue weighted by Crippen LogP contribution is -2.28. The van der Waals surface area contributed by atoms with E-state index < -0.39 is 6.10 Å². The number of rotatable bonds is 58. The van der Waals surface area contributed by atoms with Gasteiger partial charge in [0.15, 0.2) is 6.10 Å². The largest absolute Gasteiger partial charge is 0.462 e. The molecule has 0 aromatic rings. The van der Waals surface area contributed by atoms with Gasteiger partial charge in [0.25, 0.3) is 0 Å². The fourth-order valence-electron chi connectivity index (χ4n) is 8.37. The second kappa shape index (κ2) is 71.5. The zero-order chi connectivity index (χ0) is 60.5. The lowest BCUT2D eigenvalue weighted by Gasteiger charge is -2.15. The van der Waals surface area contributed by atoms with Gasteiger partial charge in [0.2, 0.25) is 0 Å². The maximum atomic E-state index is 12.4. The topological polar surface area (TPSA) is 72.8 Å². The predicted octanol–water partition coefficient (Wildman–Crippen LogP) is 23.5. The summed E-state index contributed by atoms with van der Waals surface area (Å²) in [7, 11) is 0. The van der Waals surface area contributed by atoms with Gasteiger partial charge in [-0.25, -0.2) is 0 Å². The van der Waals surface area contributed by atoms with Crippen molar-refractivity contribution in [1.29, 1.82) is 0 Å². The lowest BCUT2D eigenvalue weighted by molar-refractivity contribution is -0.161. The highest BCUT2D eigenvalue weighted by Crippen LogP contribution is 2.15. The summed E-state index contributed by atoms with van der Waals surface area (Å²) in [6.45, 7) is 3.85. The first kappa shape index (κ1) is 78.2. The SMILES string of the molecule is CC/C=C\C/C=C\C/C=C\C/C=C\C/C=C\C/C=C\C/C=C\C/C=C\C/C=C\CCCCCCCCCCCCCCCC(=O)OC(CO)COC(=O)CCC/C=C\C/C=C\C/C=C\C/C=C\C/C=C\C/C=C\C/C=C\C/C=C\C/C=C\CC. The van der Waals surface area contributed by atoms with Gasteiger partial charge >= 0.3 is 11.9 Å². The molecule has 0 bridgehead atoms. The molecule has 84 heavy (non-hydrogen) atoms. The molecule has 0 saturated carbocycles. The van der Waals surface area contributed by atoms with Crippen molar-refractivity contribution in [3.63, 3.8) is 0 Å². The summed E-state index contributed by atoms with van der Waals surface area (Å²) in [5.41, 5.74) is 0. The van der Waals surface area contributed by atoms with E-state index in [0.29, 0.717) is 19.3 Å². The number of allylic oxidation sites excluding steroid dienone is 36. The van der Waals surface area contributed by atoms with Crippen molar-refractivity contribution in [3.05, 3.63) is 219 Å². The Morgan fingerprint density at radius 1 is 0.274 bits per heavy atom. The summed E-state index contributed by atoms with van der Waals surface area (Å²) in [6, 6.07) is 0. The molecule has 0 aliphatic carbocycles. The zero-order valence-corrected chi connectivity index (χ0v) is 53.3. The third-order valence-corrected chi connectivity index (χ3v) is 13.3. The highest BCUT2D eigenvalue weighted by Gasteiger charge is 2.16. The van der Waals surface area contributed by atoms with Gasteiger partial charge in [-0.1, -0.05) is 303 Å². The summed E-state index contributed by atoms with van der Waals surface area (Å²) >= 11 is 0. The lowest BCUT2D eigenvalue weighted by atomic mass is 10.0. The van der Waals surface area contributed by atoms with Crippen LogP contribution in [-0.4, -0.2) is 36.4 Å². The third-order valence-electron chi connectivity index (χ3n) is 13.3. The van der Waals surface area contributed by atoms with Crippen LogP contribution in [0.4, 0.5) is 0 Å². The van der Waals surface area contributed by atoms with Crippen molar-refractivity contribution in [2.24, 2.45) is 0 Å². The van der Waals surface area contributed by atoms with E-state index in [1.807, 2.05) is 0 Å². The van der Waals surface area contributed by atoms with Gasteiger partial charge in [-0.05, 0) is 148 Å². The summed E-state index contributed by atoms with van der Waals surface area (Å²) in [6.07, 6.45) is 117. The number of carbonyl (C=O) groups is 2. The van der Waals surface area contributed by atoms with Gasteiger partial charge in [0, 0.05) is 12.8 Å². The number of aliphatic hydroxyl groups excluding tert-OH is 1. The number of aliphatic hydroxyl groups is 1. The van der Waals surface area contributed by atoms with Gasteiger partial charge in [-0.3, -0.25) is 9.59 Å². The Morgan fingerprint density at radius 2 is 0.488 bits per heavy atom. The molecule has 5 nitrogen and oxygen atoms in total. The summed E-state index contributed by atoms with van der Waals surface area (Å²) in [5.74, 6) is -0.676. The molecule has 0 rings (SSSR count). The predicted molar refractivity (Wildman–Crippen MR) is 370 cm³/mol. The van der Waals surface area contributed by atoms with Crippen molar-refractivity contribution in [2.45, 2.75) is 251 Å². The van der Waals surface area contributed by atoms with Crippen LogP contribution in [0.5, 0.6) is 0 Å². The molecule has 0 amide bonds. The molecule has 0 fully saturated rings.